The molecule has 2 aromatic rings. The number of carbonyl (C=O) groups excluding carboxylic acids is 2. The molecule has 0 heterocycles. The second-order valence-corrected chi connectivity index (χ2v) is 4.53. The van der Waals surface area contributed by atoms with Gasteiger partial charge in [-0.15, -0.1) is 0 Å². The van der Waals surface area contributed by atoms with Crippen LogP contribution >= 0.6 is 0 Å². The molecule has 0 saturated carbocycles. The molecule has 0 aliphatic heterocycles. The molecule has 0 aliphatic carbocycles. The van der Waals surface area contributed by atoms with Gasteiger partial charge < -0.3 is 10.5 Å². The Morgan fingerprint density at radius 1 is 1.14 bits per heavy atom. The van der Waals surface area contributed by atoms with Crippen molar-refractivity contribution in [3.63, 3.8) is 0 Å². The van der Waals surface area contributed by atoms with Crippen LogP contribution in [0.3, 0.4) is 0 Å². The van der Waals surface area contributed by atoms with Gasteiger partial charge in [-0.25, -0.2) is 4.39 Å². The van der Waals surface area contributed by atoms with Gasteiger partial charge in [-0.1, -0.05) is 24.3 Å². The van der Waals surface area contributed by atoms with Crippen LogP contribution in [0, 0.1) is 12.7 Å². The lowest BCUT2D eigenvalue weighted by Crippen LogP contribution is -2.15. The molecule has 0 bridgehead atoms. The summed E-state index contributed by atoms with van der Waals surface area (Å²) < 4.78 is 18.8. The fourth-order valence-electron chi connectivity index (χ4n) is 1.90. The molecule has 21 heavy (non-hydrogen) atoms. The number of aryl methyl sites for hydroxylation is 1. The second-order valence-electron chi connectivity index (χ2n) is 4.53. The largest absolute Gasteiger partial charge is 0.485 e. The Morgan fingerprint density at radius 2 is 1.86 bits per heavy atom. The van der Waals surface area contributed by atoms with Crippen LogP contribution in [0.15, 0.2) is 42.5 Å². The van der Waals surface area contributed by atoms with Crippen molar-refractivity contribution in [2.75, 3.05) is 6.61 Å². The molecule has 0 fully saturated rings. The second kappa shape index (κ2) is 6.17. The van der Waals surface area contributed by atoms with Crippen molar-refractivity contribution >= 4 is 11.7 Å². The molecule has 0 unspecified atom stereocenters. The summed E-state index contributed by atoms with van der Waals surface area (Å²) >= 11 is 0. The lowest BCUT2D eigenvalue weighted by molar-refractivity contribution is 0.0919. The van der Waals surface area contributed by atoms with Crippen molar-refractivity contribution < 1.29 is 18.7 Å². The molecule has 2 aromatic carbocycles. The predicted molar refractivity (Wildman–Crippen MR) is 75.9 cm³/mol. The summed E-state index contributed by atoms with van der Waals surface area (Å²) in [6.45, 7) is 1.62. The third kappa shape index (κ3) is 3.45. The molecule has 108 valence electrons. The van der Waals surface area contributed by atoms with Crippen molar-refractivity contribution in [1.29, 1.82) is 0 Å². The van der Waals surface area contributed by atoms with Crippen LogP contribution in [0.25, 0.3) is 0 Å². The molecular formula is C16H14FNO3. The van der Waals surface area contributed by atoms with Crippen molar-refractivity contribution in [1.82, 2.24) is 0 Å². The maximum absolute atomic E-state index is 13.5. The zero-order valence-electron chi connectivity index (χ0n) is 11.4. The molecule has 2 N–H and O–H groups in total. The molecule has 0 aromatic heterocycles. The number of hydrogen-bond acceptors (Lipinski definition) is 3. The minimum absolute atomic E-state index is 0.166. The third-order valence-electron chi connectivity index (χ3n) is 3.02. The number of benzene rings is 2. The quantitative estimate of drug-likeness (QED) is 0.859. The number of halogens is 1. The number of amides is 1. The van der Waals surface area contributed by atoms with E-state index in [0.29, 0.717) is 5.56 Å². The summed E-state index contributed by atoms with van der Waals surface area (Å²) in [7, 11) is 0. The van der Waals surface area contributed by atoms with Crippen molar-refractivity contribution in [3.05, 3.63) is 65.0 Å². The van der Waals surface area contributed by atoms with E-state index < -0.39 is 11.7 Å². The fraction of sp³-hybridized carbons (Fsp3) is 0.125. The average Bonchev–Trinajstić information content (AvgIpc) is 2.45. The minimum atomic E-state index is -0.852. The van der Waals surface area contributed by atoms with Crippen LogP contribution in [0.2, 0.25) is 0 Å². The average molecular weight is 287 g/mol. The van der Waals surface area contributed by atoms with Gasteiger partial charge in [0.1, 0.15) is 11.6 Å². The summed E-state index contributed by atoms with van der Waals surface area (Å²) in [5, 5.41) is 0. The SMILES string of the molecule is Cc1ccccc1C(=O)COc1ccc(C(N)=O)c(F)c1. The molecule has 0 spiro atoms. The van der Waals surface area contributed by atoms with E-state index in [1.807, 2.05) is 19.1 Å². The molecule has 4 nitrogen and oxygen atoms in total. The number of primary amides is 1. The van der Waals surface area contributed by atoms with Crippen LogP contribution in [-0.2, 0) is 0 Å². The van der Waals surface area contributed by atoms with Crippen LogP contribution in [0.1, 0.15) is 26.3 Å². The zero-order valence-corrected chi connectivity index (χ0v) is 11.4. The molecule has 0 atom stereocenters. The summed E-state index contributed by atoms with van der Waals surface area (Å²) in [5.74, 6) is -1.66. The van der Waals surface area contributed by atoms with E-state index in [1.54, 1.807) is 12.1 Å². The number of carbonyl (C=O) groups is 2. The number of nitrogens with two attached hydrogens (primary N) is 1. The first-order valence-corrected chi connectivity index (χ1v) is 6.30. The Hall–Kier alpha value is -2.69. The van der Waals surface area contributed by atoms with E-state index in [1.165, 1.54) is 12.1 Å². The van der Waals surface area contributed by atoms with Crippen molar-refractivity contribution in [2.45, 2.75) is 6.92 Å². The number of rotatable bonds is 5. The summed E-state index contributed by atoms with van der Waals surface area (Å²) in [4.78, 5) is 22.9. The topological polar surface area (TPSA) is 69.4 Å². The first-order chi connectivity index (χ1) is 9.99. The third-order valence-corrected chi connectivity index (χ3v) is 3.02. The number of hydrogen-bond donors (Lipinski definition) is 1. The zero-order chi connectivity index (χ0) is 15.4. The minimum Gasteiger partial charge on any atom is -0.485 e. The first-order valence-electron chi connectivity index (χ1n) is 6.30. The van der Waals surface area contributed by atoms with E-state index in [-0.39, 0.29) is 23.7 Å². The van der Waals surface area contributed by atoms with Crippen LogP contribution < -0.4 is 10.5 Å². The Morgan fingerprint density at radius 3 is 2.48 bits per heavy atom. The van der Waals surface area contributed by atoms with Gasteiger partial charge in [0.15, 0.2) is 12.4 Å². The van der Waals surface area contributed by atoms with Gasteiger partial charge in [-0.3, -0.25) is 9.59 Å². The van der Waals surface area contributed by atoms with Crippen molar-refractivity contribution in [3.8, 4) is 5.75 Å². The van der Waals surface area contributed by atoms with Gasteiger partial charge in [0.05, 0.1) is 5.56 Å². The number of ketones is 1. The standard InChI is InChI=1S/C16H14FNO3/c1-10-4-2-3-5-12(10)15(19)9-21-11-6-7-13(16(18)20)14(17)8-11/h2-8H,9H2,1H3,(H2,18,20). The summed E-state index contributed by atoms with van der Waals surface area (Å²) in [6.07, 6.45) is 0. The smallest absolute Gasteiger partial charge is 0.251 e. The Bertz CT molecular complexity index is 698. The van der Waals surface area contributed by atoms with Gasteiger partial charge in [0, 0.05) is 11.6 Å². The van der Waals surface area contributed by atoms with Gasteiger partial charge in [-0.2, -0.15) is 0 Å². The maximum Gasteiger partial charge on any atom is 0.251 e. The van der Waals surface area contributed by atoms with Gasteiger partial charge in [-0.05, 0) is 24.6 Å². The molecular weight excluding hydrogens is 273 g/mol. The molecule has 0 aliphatic rings. The number of Topliss-reactive ketones (excluding diaryl/α,β-unsaturated/α-hetero) is 1. The monoisotopic (exact) mass is 287 g/mol. The molecule has 2 rings (SSSR count). The predicted octanol–water partition coefficient (Wildman–Crippen LogP) is 2.49. The number of ether oxygens (including phenoxy) is 1. The van der Waals surface area contributed by atoms with Crippen LogP contribution in [-0.4, -0.2) is 18.3 Å². The molecule has 1 amide bonds. The highest BCUT2D eigenvalue weighted by atomic mass is 19.1. The fourth-order valence-corrected chi connectivity index (χ4v) is 1.90. The summed E-state index contributed by atoms with van der Waals surface area (Å²) in [6, 6.07) is 10.8. The highest BCUT2D eigenvalue weighted by Crippen LogP contribution is 2.17. The van der Waals surface area contributed by atoms with E-state index in [0.717, 1.165) is 11.6 Å². The summed E-state index contributed by atoms with van der Waals surface area (Å²) in [5.41, 5.74) is 6.20. The Kier molecular flexibility index (Phi) is 4.33. The van der Waals surface area contributed by atoms with Gasteiger partial charge >= 0.3 is 0 Å². The van der Waals surface area contributed by atoms with E-state index >= 15 is 0 Å². The lowest BCUT2D eigenvalue weighted by atomic mass is 10.1. The van der Waals surface area contributed by atoms with Crippen LogP contribution in [0.4, 0.5) is 4.39 Å². The van der Waals surface area contributed by atoms with E-state index in [9.17, 15) is 14.0 Å². The highest BCUT2D eigenvalue weighted by Gasteiger charge is 2.12. The Labute approximate surface area is 121 Å². The van der Waals surface area contributed by atoms with E-state index in [2.05, 4.69) is 0 Å². The Balaban J connectivity index is 2.07. The van der Waals surface area contributed by atoms with Gasteiger partial charge in [0.25, 0.3) is 5.91 Å². The lowest BCUT2D eigenvalue weighted by Gasteiger charge is -2.08. The highest BCUT2D eigenvalue weighted by molar-refractivity contribution is 5.98. The first kappa shape index (κ1) is 14.7. The van der Waals surface area contributed by atoms with Crippen molar-refractivity contribution in [2.24, 2.45) is 5.73 Å². The van der Waals surface area contributed by atoms with Gasteiger partial charge in [0.2, 0.25) is 0 Å². The van der Waals surface area contributed by atoms with E-state index in [4.69, 9.17) is 10.5 Å². The van der Waals surface area contributed by atoms with Crippen LogP contribution in [0.5, 0.6) is 5.75 Å². The molecule has 5 heteroatoms. The molecule has 0 saturated heterocycles. The normalized spacial score (nSPS) is 10.2. The maximum atomic E-state index is 13.5. The molecule has 0 radical (unpaired) electrons.